The lowest BCUT2D eigenvalue weighted by Gasteiger charge is -2.05. The van der Waals surface area contributed by atoms with E-state index >= 15 is 0 Å². The Labute approximate surface area is 115 Å². The molecule has 20 heavy (non-hydrogen) atoms. The molecule has 100 valence electrons. The van der Waals surface area contributed by atoms with Crippen LogP contribution < -0.4 is 0 Å². The van der Waals surface area contributed by atoms with E-state index in [1.807, 2.05) is 30.3 Å². The molecule has 0 fully saturated rings. The third-order valence-electron chi connectivity index (χ3n) is 3.49. The smallest absolute Gasteiger partial charge is 0.354 e. The number of carbonyl (C=O) groups excluding carboxylic acids is 1. The van der Waals surface area contributed by atoms with Crippen LogP contribution in [0.5, 0.6) is 0 Å². The average molecular weight is 268 g/mol. The van der Waals surface area contributed by atoms with Gasteiger partial charge in [-0.1, -0.05) is 30.3 Å². The van der Waals surface area contributed by atoms with Crippen LogP contribution in [0, 0.1) is 0 Å². The Bertz CT molecular complexity index is 756. The molecule has 1 aliphatic carbocycles. The predicted octanol–water partition coefficient (Wildman–Crippen LogP) is 1.94. The Morgan fingerprint density at radius 1 is 1.30 bits per heavy atom. The summed E-state index contributed by atoms with van der Waals surface area (Å²) in [5, 5.41) is 9.00. The molecule has 2 aromatic rings. The zero-order valence-electron chi connectivity index (χ0n) is 10.8. The third-order valence-corrected chi connectivity index (χ3v) is 3.49. The Balaban J connectivity index is 2.01. The molecule has 0 atom stereocenters. The molecule has 1 heterocycles. The second-order valence-corrected chi connectivity index (χ2v) is 4.64. The van der Waals surface area contributed by atoms with E-state index in [0.717, 1.165) is 11.1 Å². The van der Waals surface area contributed by atoms with E-state index in [1.165, 1.54) is 17.8 Å². The highest BCUT2D eigenvalue weighted by Gasteiger charge is 2.25. The molecule has 0 unspecified atom stereocenters. The number of aromatic carboxylic acids is 1. The fourth-order valence-electron chi connectivity index (χ4n) is 2.44. The van der Waals surface area contributed by atoms with Crippen molar-refractivity contribution in [1.29, 1.82) is 0 Å². The molecule has 5 heteroatoms. The van der Waals surface area contributed by atoms with Crippen molar-refractivity contribution in [3.05, 3.63) is 59.2 Å². The number of rotatable bonds is 3. The van der Waals surface area contributed by atoms with Crippen LogP contribution in [0.3, 0.4) is 0 Å². The van der Waals surface area contributed by atoms with Crippen LogP contribution in [0.2, 0.25) is 0 Å². The maximum Gasteiger partial charge on any atom is 0.354 e. The number of fused-ring (bicyclic) bond motifs is 1. The molecule has 0 aliphatic heterocycles. The van der Waals surface area contributed by atoms with Crippen LogP contribution in [0.1, 0.15) is 32.2 Å². The fraction of sp³-hybridized carbons (Fsp3) is 0.133. The average Bonchev–Trinajstić information content (AvgIpc) is 3.01. The van der Waals surface area contributed by atoms with Gasteiger partial charge < -0.3 is 9.67 Å². The molecule has 5 nitrogen and oxygen atoms in total. The van der Waals surface area contributed by atoms with Crippen molar-refractivity contribution in [3.8, 4) is 0 Å². The SMILES string of the molecule is Cn1c(C(=O)O)cnc1C(=O)C1=CCc2ccccc21. The van der Waals surface area contributed by atoms with Crippen LogP contribution in [0.4, 0.5) is 0 Å². The summed E-state index contributed by atoms with van der Waals surface area (Å²) in [5.74, 6) is -1.20. The number of Topliss-reactive ketones (excluding diaryl/α,β-unsaturated/α-hetero) is 1. The minimum atomic E-state index is -1.10. The molecule has 0 spiro atoms. The first-order valence-corrected chi connectivity index (χ1v) is 6.17. The molecule has 1 aromatic carbocycles. The minimum Gasteiger partial charge on any atom is -0.477 e. The molecular formula is C15H12N2O3. The highest BCUT2D eigenvalue weighted by molar-refractivity contribution is 6.28. The van der Waals surface area contributed by atoms with E-state index in [9.17, 15) is 9.59 Å². The normalized spacial score (nSPS) is 12.9. The molecule has 1 aliphatic rings. The van der Waals surface area contributed by atoms with Gasteiger partial charge in [-0.25, -0.2) is 9.78 Å². The fourth-order valence-corrected chi connectivity index (χ4v) is 2.44. The van der Waals surface area contributed by atoms with Gasteiger partial charge in [0.1, 0.15) is 5.69 Å². The van der Waals surface area contributed by atoms with Gasteiger partial charge in [0.05, 0.1) is 6.20 Å². The van der Waals surface area contributed by atoms with Gasteiger partial charge in [0.25, 0.3) is 0 Å². The molecule has 0 amide bonds. The number of carboxylic acids is 1. The van der Waals surface area contributed by atoms with Crippen LogP contribution in [0.15, 0.2) is 36.5 Å². The zero-order valence-corrected chi connectivity index (χ0v) is 10.8. The topological polar surface area (TPSA) is 72.2 Å². The van der Waals surface area contributed by atoms with Crippen LogP contribution in [-0.2, 0) is 13.5 Å². The lowest BCUT2D eigenvalue weighted by molar-refractivity contribution is 0.0686. The van der Waals surface area contributed by atoms with E-state index in [0.29, 0.717) is 12.0 Å². The van der Waals surface area contributed by atoms with Crippen LogP contribution in [0.25, 0.3) is 5.57 Å². The van der Waals surface area contributed by atoms with Crippen LogP contribution >= 0.6 is 0 Å². The van der Waals surface area contributed by atoms with Crippen LogP contribution in [-0.4, -0.2) is 26.4 Å². The summed E-state index contributed by atoms with van der Waals surface area (Å²) in [6, 6.07) is 7.69. The van der Waals surface area contributed by atoms with Gasteiger partial charge in [-0.3, -0.25) is 4.79 Å². The standard InChI is InChI=1S/C15H12N2O3/c1-17-12(15(19)20)8-16-14(17)13(18)11-7-6-9-4-2-3-5-10(9)11/h2-5,7-8H,6H2,1H3,(H,19,20). The van der Waals surface area contributed by atoms with Gasteiger partial charge in [-0.15, -0.1) is 0 Å². The van der Waals surface area contributed by atoms with Crippen molar-refractivity contribution in [2.75, 3.05) is 0 Å². The number of benzene rings is 1. The minimum absolute atomic E-state index is 0.000215. The molecule has 3 rings (SSSR count). The van der Waals surface area contributed by atoms with E-state index < -0.39 is 5.97 Å². The van der Waals surface area contributed by atoms with E-state index in [1.54, 1.807) is 0 Å². The third kappa shape index (κ3) is 1.75. The number of allylic oxidation sites excluding steroid dienone is 2. The summed E-state index contributed by atoms with van der Waals surface area (Å²) in [6.07, 6.45) is 3.78. The predicted molar refractivity (Wildman–Crippen MR) is 72.6 cm³/mol. The summed E-state index contributed by atoms with van der Waals surface area (Å²) < 4.78 is 1.31. The molecule has 0 saturated carbocycles. The quantitative estimate of drug-likeness (QED) is 0.863. The number of ketones is 1. The lowest BCUT2D eigenvalue weighted by Crippen LogP contribution is -2.12. The van der Waals surface area contributed by atoms with Crippen molar-refractivity contribution in [1.82, 2.24) is 9.55 Å². The summed E-state index contributed by atoms with van der Waals surface area (Å²) >= 11 is 0. The Morgan fingerprint density at radius 3 is 2.75 bits per heavy atom. The van der Waals surface area contributed by atoms with Crippen molar-refractivity contribution in [2.24, 2.45) is 7.05 Å². The maximum atomic E-state index is 12.5. The number of carbonyl (C=O) groups is 2. The van der Waals surface area contributed by atoms with Crippen molar-refractivity contribution in [2.45, 2.75) is 6.42 Å². The second kappa shape index (κ2) is 4.45. The first-order chi connectivity index (χ1) is 9.59. The number of carboxylic acid groups (broad SMARTS) is 1. The van der Waals surface area contributed by atoms with Crippen molar-refractivity contribution < 1.29 is 14.7 Å². The molecule has 0 bridgehead atoms. The van der Waals surface area contributed by atoms with Gasteiger partial charge in [0.15, 0.2) is 5.82 Å². The summed E-state index contributed by atoms with van der Waals surface area (Å²) in [4.78, 5) is 27.5. The van der Waals surface area contributed by atoms with Gasteiger partial charge in [0, 0.05) is 12.6 Å². The number of nitrogens with zero attached hydrogens (tertiary/aromatic N) is 2. The number of hydrogen-bond donors (Lipinski definition) is 1. The summed E-state index contributed by atoms with van der Waals surface area (Å²) in [6.45, 7) is 0. The number of imidazole rings is 1. The zero-order chi connectivity index (χ0) is 14.3. The van der Waals surface area contributed by atoms with Gasteiger partial charge in [-0.2, -0.15) is 0 Å². The number of hydrogen-bond acceptors (Lipinski definition) is 3. The van der Waals surface area contributed by atoms with Crippen molar-refractivity contribution >= 4 is 17.3 Å². The Kier molecular flexibility index (Phi) is 2.75. The second-order valence-electron chi connectivity index (χ2n) is 4.64. The monoisotopic (exact) mass is 268 g/mol. The maximum absolute atomic E-state index is 12.5. The van der Waals surface area contributed by atoms with Gasteiger partial charge in [0.2, 0.25) is 5.78 Å². The Morgan fingerprint density at radius 2 is 2.05 bits per heavy atom. The summed E-state index contributed by atoms with van der Waals surface area (Å²) in [5.41, 5.74) is 2.59. The highest BCUT2D eigenvalue weighted by Crippen LogP contribution is 2.29. The van der Waals surface area contributed by atoms with E-state index in [4.69, 9.17) is 5.11 Å². The van der Waals surface area contributed by atoms with Gasteiger partial charge in [-0.05, 0) is 17.5 Å². The molecule has 0 saturated heterocycles. The molecule has 0 radical (unpaired) electrons. The first kappa shape index (κ1) is 12.3. The molecule has 1 N–H and O–H groups in total. The number of aromatic nitrogens is 2. The van der Waals surface area contributed by atoms with Crippen molar-refractivity contribution in [3.63, 3.8) is 0 Å². The largest absolute Gasteiger partial charge is 0.477 e. The summed E-state index contributed by atoms with van der Waals surface area (Å²) in [7, 11) is 1.53. The first-order valence-electron chi connectivity index (χ1n) is 6.17. The molecular weight excluding hydrogens is 256 g/mol. The van der Waals surface area contributed by atoms with E-state index in [2.05, 4.69) is 4.98 Å². The lowest BCUT2D eigenvalue weighted by atomic mass is 10.0. The van der Waals surface area contributed by atoms with Gasteiger partial charge >= 0.3 is 5.97 Å². The Hall–Kier alpha value is -2.69. The van der Waals surface area contributed by atoms with E-state index in [-0.39, 0.29) is 17.3 Å². The molecule has 1 aromatic heterocycles. The highest BCUT2D eigenvalue weighted by atomic mass is 16.4.